The summed E-state index contributed by atoms with van der Waals surface area (Å²) in [6, 6.07) is 21.1. The second kappa shape index (κ2) is 9.95. The highest BCUT2D eigenvalue weighted by molar-refractivity contribution is 7.80. The lowest BCUT2D eigenvalue weighted by Crippen LogP contribution is -2.20. The molecule has 2 aromatic heterocycles. The lowest BCUT2D eigenvalue weighted by atomic mass is 10.1. The van der Waals surface area contributed by atoms with E-state index in [0.29, 0.717) is 33.1 Å². The number of ether oxygens (including phenoxy) is 1. The number of hydrogen-bond donors (Lipinski definition) is 2. The van der Waals surface area contributed by atoms with Gasteiger partial charge < -0.3 is 15.4 Å². The number of nitrogens with one attached hydrogen (secondary N) is 2. The third kappa shape index (κ3) is 5.34. The van der Waals surface area contributed by atoms with Crippen LogP contribution in [0.1, 0.15) is 15.9 Å². The second-order valence-corrected chi connectivity index (χ2v) is 8.71. The van der Waals surface area contributed by atoms with Crippen LogP contribution in [0.15, 0.2) is 72.9 Å². The summed E-state index contributed by atoms with van der Waals surface area (Å²) < 4.78 is 6.73. The Morgan fingerprint density at radius 2 is 1.88 bits per heavy atom. The molecule has 0 amide bonds. The molecule has 2 aromatic carbocycles. The Kier molecular flexibility index (Phi) is 6.84. The molecule has 0 aliphatic carbocycles. The smallest absolute Gasteiger partial charge is 0.340 e. The minimum absolute atomic E-state index is 0.327. The van der Waals surface area contributed by atoms with Crippen molar-refractivity contribution >= 4 is 57.1 Å². The van der Waals surface area contributed by atoms with Gasteiger partial charge in [-0.3, -0.25) is 4.68 Å². The van der Waals surface area contributed by atoms with Crippen molar-refractivity contribution in [3.63, 3.8) is 0 Å². The van der Waals surface area contributed by atoms with Crippen LogP contribution in [0.5, 0.6) is 0 Å². The number of thiophene rings is 1. The summed E-state index contributed by atoms with van der Waals surface area (Å²) in [6.45, 7) is 0.608. The summed E-state index contributed by atoms with van der Waals surface area (Å²) in [7, 11) is 1.36. The molecular weight excluding hydrogens is 464 g/mol. The molecule has 0 saturated heterocycles. The molecule has 162 valence electrons. The fraction of sp³-hybridized carbons (Fsp3) is 0.0870. The molecule has 0 aliphatic heterocycles. The molecule has 4 rings (SSSR count). The number of anilines is 2. The van der Waals surface area contributed by atoms with Crippen molar-refractivity contribution in [2.24, 2.45) is 0 Å². The van der Waals surface area contributed by atoms with Crippen LogP contribution in [-0.4, -0.2) is 28.0 Å². The zero-order chi connectivity index (χ0) is 22.5. The third-order valence-corrected chi connectivity index (χ3v) is 6.12. The summed E-state index contributed by atoms with van der Waals surface area (Å²) in [4.78, 5) is 13.2. The van der Waals surface area contributed by atoms with Crippen molar-refractivity contribution in [2.45, 2.75) is 6.54 Å². The Hall–Kier alpha value is -3.20. The number of hydrogen-bond acceptors (Lipinski definition) is 5. The van der Waals surface area contributed by atoms with Gasteiger partial charge >= 0.3 is 5.97 Å². The topological polar surface area (TPSA) is 68.2 Å². The van der Waals surface area contributed by atoms with Crippen LogP contribution < -0.4 is 10.6 Å². The molecule has 2 heterocycles. The first-order valence-corrected chi connectivity index (χ1v) is 11.3. The van der Waals surface area contributed by atoms with Gasteiger partial charge in [0.05, 0.1) is 19.2 Å². The van der Waals surface area contributed by atoms with E-state index < -0.39 is 5.97 Å². The summed E-state index contributed by atoms with van der Waals surface area (Å²) in [5.41, 5.74) is 2.52. The van der Waals surface area contributed by atoms with Gasteiger partial charge in [-0.05, 0) is 41.5 Å². The maximum atomic E-state index is 12.3. The first-order chi connectivity index (χ1) is 15.5. The first kappa shape index (κ1) is 22.0. The van der Waals surface area contributed by atoms with E-state index in [0.717, 1.165) is 16.0 Å². The van der Waals surface area contributed by atoms with E-state index >= 15 is 0 Å². The van der Waals surface area contributed by atoms with E-state index in [1.165, 1.54) is 18.4 Å². The lowest BCUT2D eigenvalue weighted by Gasteiger charge is -2.08. The molecule has 2 N–H and O–H groups in total. The summed E-state index contributed by atoms with van der Waals surface area (Å²) in [6.07, 6.45) is 1.86. The molecule has 0 fully saturated rings. The molecule has 4 aromatic rings. The van der Waals surface area contributed by atoms with E-state index in [1.807, 2.05) is 66.9 Å². The SMILES string of the molecule is COC(=O)c1cc(-c2ccccc2)sc1NC(=S)Nc1ccn(Cc2ccc(Cl)cc2)n1. The predicted molar refractivity (Wildman–Crippen MR) is 134 cm³/mol. The Morgan fingerprint density at radius 3 is 2.59 bits per heavy atom. The fourth-order valence-electron chi connectivity index (χ4n) is 3.03. The van der Waals surface area contributed by atoms with E-state index in [9.17, 15) is 4.79 Å². The van der Waals surface area contributed by atoms with E-state index in [1.54, 1.807) is 10.7 Å². The average molecular weight is 483 g/mol. The molecule has 0 radical (unpaired) electrons. The lowest BCUT2D eigenvalue weighted by molar-refractivity contribution is 0.0602. The van der Waals surface area contributed by atoms with Gasteiger partial charge in [-0.1, -0.05) is 54.1 Å². The Morgan fingerprint density at radius 1 is 1.12 bits per heavy atom. The van der Waals surface area contributed by atoms with Crippen molar-refractivity contribution in [3.05, 3.63) is 89.1 Å². The quantitative estimate of drug-likeness (QED) is 0.263. The van der Waals surface area contributed by atoms with Crippen molar-refractivity contribution in [2.75, 3.05) is 17.7 Å². The second-order valence-electron chi connectivity index (χ2n) is 6.82. The van der Waals surface area contributed by atoms with Crippen LogP contribution in [0.3, 0.4) is 0 Å². The van der Waals surface area contributed by atoms with E-state index in [-0.39, 0.29) is 0 Å². The number of benzene rings is 2. The minimum Gasteiger partial charge on any atom is -0.465 e. The Labute approximate surface area is 199 Å². The first-order valence-electron chi connectivity index (χ1n) is 9.65. The number of thiocarbonyl (C=S) groups is 1. The van der Waals surface area contributed by atoms with E-state index in [4.69, 9.17) is 28.6 Å². The molecular formula is C23H19ClN4O2S2. The molecule has 0 saturated carbocycles. The highest BCUT2D eigenvalue weighted by Crippen LogP contribution is 2.36. The number of esters is 1. The Bertz CT molecular complexity index is 1240. The van der Waals surface area contributed by atoms with Gasteiger partial charge in [0.15, 0.2) is 10.9 Å². The van der Waals surface area contributed by atoms with Gasteiger partial charge in [-0.2, -0.15) is 5.10 Å². The number of halogens is 1. The number of methoxy groups -OCH3 is 1. The molecule has 6 nitrogen and oxygen atoms in total. The van der Waals surface area contributed by atoms with Gasteiger partial charge in [-0.25, -0.2) is 4.79 Å². The van der Waals surface area contributed by atoms with Crippen molar-refractivity contribution in [1.29, 1.82) is 0 Å². The van der Waals surface area contributed by atoms with Crippen molar-refractivity contribution in [3.8, 4) is 10.4 Å². The maximum Gasteiger partial charge on any atom is 0.340 e. The normalized spacial score (nSPS) is 10.6. The van der Waals surface area contributed by atoms with Crippen LogP contribution >= 0.6 is 35.2 Å². The molecule has 9 heteroatoms. The van der Waals surface area contributed by atoms with Crippen molar-refractivity contribution < 1.29 is 9.53 Å². The van der Waals surface area contributed by atoms with Crippen LogP contribution in [-0.2, 0) is 11.3 Å². The molecule has 32 heavy (non-hydrogen) atoms. The van der Waals surface area contributed by atoms with Gasteiger partial charge in [0.2, 0.25) is 0 Å². The van der Waals surface area contributed by atoms with Crippen molar-refractivity contribution in [1.82, 2.24) is 9.78 Å². The minimum atomic E-state index is -0.430. The molecule has 0 atom stereocenters. The number of nitrogens with zero attached hydrogens (tertiary/aromatic N) is 2. The number of carbonyl (C=O) groups excluding carboxylic acids is 1. The summed E-state index contributed by atoms with van der Waals surface area (Å²) in [5, 5.41) is 12.3. The highest BCUT2D eigenvalue weighted by atomic mass is 35.5. The number of rotatable bonds is 6. The zero-order valence-corrected chi connectivity index (χ0v) is 19.4. The molecule has 0 spiro atoms. The fourth-order valence-corrected chi connectivity index (χ4v) is 4.49. The average Bonchev–Trinajstić information content (AvgIpc) is 3.42. The maximum absolute atomic E-state index is 12.3. The zero-order valence-electron chi connectivity index (χ0n) is 17.0. The van der Waals surface area contributed by atoms with E-state index in [2.05, 4.69) is 15.7 Å². The van der Waals surface area contributed by atoms with Gasteiger partial charge in [0.1, 0.15) is 5.00 Å². The van der Waals surface area contributed by atoms with Gasteiger partial charge in [-0.15, -0.1) is 11.3 Å². The highest BCUT2D eigenvalue weighted by Gasteiger charge is 2.18. The third-order valence-electron chi connectivity index (χ3n) is 4.56. The number of aromatic nitrogens is 2. The Balaban J connectivity index is 1.46. The van der Waals surface area contributed by atoms with Gasteiger partial charge in [0, 0.05) is 22.2 Å². The van der Waals surface area contributed by atoms with Gasteiger partial charge in [0.25, 0.3) is 0 Å². The summed E-state index contributed by atoms with van der Waals surface area (Å²) >= 11 is 12.8. The molecule has 0 bridgehead atoms. The molecule has 0 aliphatic rings. The van der Waals surface area contributed by atoms with Crippen LogP contribution in [0.25, 0.3) is 10.4 Å². The monoisotopic (exact) mass is 482 g/mol. The molecule has 0 unspecified atom stereocenters. The number of carbonyl (C=O) groups is 1. The largest absolute Gasteiger partial charge is 0.465 e. The summed E-state index contributed by atoms with van der Waals surface area (Å²) in [5.74, 6) is 0.164. The van der Waals surface area contributed by atoms with Crippen LogP contribution in [0.4, 0.5) is 10.8 Å². The standard InChI is InChI=1S/C23H19ClN4O2S2/c1-30-22(29)18-13-19(16-5-3-2-4-6-16)32-21(18)26-23(31)25-20-11-12-28(27-20)14-15-7-9-17(24)10-8-15/h2-13H,14H2,1H3,(H2,25,26,27,31). The predicted octanol–water partition coefficient (Wildman–Crippen LogP) is 5.91. The van der Waals surface area contributed by atoms with Crippen LogP contribution in [0, 0.1) is 0 Å². The van der Waals surface area contributed by atoms with Crippen LogP contribution in [0.2, 0.25) is 5.02 Å².